The highest BCUT2D eigenvalue weighted by molar-refractivity contribution is 7.92. The van der Waals surface area contributed by atoms with Crippen molar-refractivity contribution in [3.8, 4) is 0 Å². The molecule has 2 aromatic carbocycles. The molecule has 1 fully saturated rings. The Kier molecular flexibility index (Phi) is 7.08. The van der Waals surface area contributed by atoms with Crippen molar-refractivity contribution < 1.29 is 13.2 Å². The summed E-state index contributed by atoms with van der Waals surface area (Å²) in [5, 5.41) is 0. The van der Waals surface area contributed by atoms with Gasteiger partial charge < -0.3 is 4.90 Å². The van der Waals surface area contributed by atoms with Gasteiger partial charge in [-0.1, -0.05) is 37.6 Å². The monoisotopic (exact) mass is 463 g/mol. The van der Waals surface area contributed by atoms with Crippen LogP contribution in [0.3, 0.4) is 0 Å². The van der Waals surface area contributed by atoms with E-state index in [0.29, 0.717) is 17.8 Å². The molecular weight excluding hydrogens is 434 g/mol. The predicted octanol–water partition coefficient (Wildman–Crippen LogP) is 5.03. The van der Waals surface area contributed by atoms with Crippen LogP contribution in [0.25, 0.3) is 0 Å². The third-order valence-electron chi connectivity index (χ3n) is 5.74. The molecule has 0 spiro atoms. The van der Waals surface area contributed by atoms with Crippen LogP contribution < -0.4 is 4.72 Å². The first-order valence-corrected chi connectivity index (χ1v) is 12.9. The fourth-order valence-electron chi connectivity index (χ4n) is 3.74. The van der Waals surface area contributed by atoms with Crippen LogP contribution in [0.15, 0.2) is 78.0 Å². The third kappa shape index (κ3) is 5.99. The van der Waals surface area contributed by atoms with Crippen molar-refractivity contribution in [2.24, 2.45) is 0 Å². The highest BCUT2D eigenvalue weighted by Gasteiger charge is 2.33. The van der Waals surface area contributed by atoms with Gasteiger partial charge in [0.05, 0.1) is 4.90 Å². The first kappa shape index (κ1) is 23.0. The van der Waals surface area contributed by atoms with E-state index in [0.717, 1.165) is 37.7 Å². The van der Waals surface area contributed by atoms with Gasteiger partial charge in [-0.2, -0.15) is 0 Å². The largest absolute Gasteiger partial charge is 0.331 e. The zero-order valence-electron chi connectivity index (χ0n) is 18.8. The number of carbonyl (C=O) groups excluding carboxylic acids is 1. The van der Waals surface area contributed by atoms with Gasteiger partial charge in [-0.05, 0) is 73.2 Å². The lowest BCUT2D eigenvalue weighted by atomic mass is 10.1. The summed E-state index contributed by atoms with van der Waals surface area (Å²) in [4.78, 5) is 19.3. The van der Waals surface area contributed by atoms with Crippen molar-refractivity contribution in [2.45, 2.75) is 56.5 Å². The Bertz CT molecular complexity index is 1190. The molecule has 6 nitrogen and oxygen atoms in total. The number of aryl methyl sites for hydroxylation is 1. The molecule has 1 amide bonds. The molecule has 4 rings (SSSR count). The van der Waals surface area contributed by atoms with Gasteiger partial charge in [-0.25, -0.2) is 8.42 Å². The highest BCUT2D eigenvalue weighted by atomic mass is 32.2. The molecule has 0 aliphatic heterocycles. The van der Waals surface area contributed by atoms with E-state index in [2.05, 4.69) is 16.6 Å². The van der Waals surface area contributed by atoms with Crippen molar-refractivity contribution >= 4 is 21.6 Å². The quantitative estimate of drug-likeness (QED) is 0.457. The second kappa shape index (κ2) is 10.2. The number of benzene rings is 2. The second-order valence-corrected chi connectivity index (χ2v) is 10.1. The summed E-state index contributed by atoms with van der Waals surface area (Å²) < 4.78 is 28.6. The number of carbonyl (C=O) groups is 1. The molecule has 1 heterocycles. The van der Waals surface area contributed by atoms with Gasteiger partial charge in [-0.15, -0.1) is 0 Å². The fourth-order valence-corrected chi connectivity index (χ4v) is 4.84. The van der Waals surface area contributed by atoms with Crippen LogP contribution in [-0.4, -0.2) is 30.3 Å². The number of hydrogen-bond acceptors (Lipinski definition) is 4. The zero-order valence-corrected chi connectivity index (χ0v) is 19.6. The van der Waals surface area contributed by atoms with Crippen molar-refractivity contribution in [1.82, 2.24) is 9.88 Å². The van der Waals surface area contributed by atoms with Crippen molar-refractivity contribution in [2.75, 3.05) is 4.72 Å². The molecule has 3 aromatic rings. The SMILES string of the molecule is CCCCc1ccc(NS(=O)(=O)c2cccc(C(=O)N(Cc3cccnc3)C3CC3)c2)cc1. The third-order valence-corrected chi connectivity index (χ3v) is 7.12. The molecule has 0 radical (unpaired) electrons. The van der Waals surface area contributed by atoms with Crippen LogP contribution >= 0.6 is 0 Å². The van der Waals surface area contributed by atoms with Gasteiger partial charge >= 0.3 is 0 Å². The Hall–Kier alpha value is -3.19. The molecule has 0 unspecified atom stereocenters. The lowest BCUT2D eigenvalue weighted by Crippen LogP contribution is -2.32. The summed E-state index contributed by atoms with van der Waals surface area (Å²) in [7, 11) is -3.82. The summed E-state index contributed by atoms with van der Waals surface area (Å²) in [6.07, 6.45) is 8.56. The van der Waals surface area contributed by atoms with Gasteiger partial charge in [0.2, 0.25) is 0 Å². The molecule has 0 saturated heterocycles. The van der Waals surface area contributed by atoms with E-state index in [-0.39, 0.29) is 16.8 Å². The van der Waals surface area contributed by atoms with Crippen molar-refractivity contribution in [3.63, 3.8) is 0 Å². The van der Waals surface area contributed by atoms with Gasteiger partial charge in [0.15, 0.2) is 0 Å². The standard InChI is InChI=1S/C26H29N3O3S/c1-2-3-6-20-10-12-23(13-11-20)28-33(31,32)25-9-4-8-22(17-25)26(30)29(24-14-15-24)19-21-7-5-16-27-18-21/h4-5,7-13,16-18,24,28H,2-3,6,14-15,19H2,1H3. The maximum absolute atomic E-state index is 13.3. The minimum Gasteiger partial charge on any atom is -0.331 e. The maximum atomic E-state index is 13.3. The Morgan fingerprint density at radius 3 is 2.52 bits per heavy atom. The topological polar surface area (TPSA) is 79.4 Å². The number of nitrogens with one attached hydrogen (secondary N) is 1. The Morgan fingerprint density at radius 1 is 1.06 bits per heavy atom. The molecule has 0 atom stereocenters. The van der Waals surface area contributed by atoms with Gasteiger partial charge in [0, 0.05) is 36.2 Å². The number of unbranched alkanes of at least 4 members (excludes halogenated alkanes) is 1. The molecule has 33 heavy (non-hydrogen) atoms. The molecule has 1 saturated carbocycles. The minimum absolute atomic E-state index is 0.0699. The number of hydrogen-bond donors (Lipinski definition) is 1. The average molecular weight is 464 g/mol. The first-order valence-electron chi connectivity index (χ1n) is 11.4. The summed E-state index contributed by atoms with van der Waals surface area (Å²) in [6.45, 7) is 2.60. The number of pyridine rings is 1. The van der Waals surface area contributed by atoms with Crippen molar-refractivity contribution in [3.05, 3.63) is 89.7 Å². The van der Waals surface area contributed by atoms with Crippen LogP contribution in [0.1, 0.15) is 54.1 Å². The van der Waals surface area contributed by atoms with Crippen LogP contribution in [0.4, 0.5) is 5.69 Å². The average Bonchev–Trinajstić information content (AvgIpc) is 3.68. The van der Waals surface area contributed by atoms with Crippen LogP contribution in [0.5, 0.6) is 0 Å². The molecule has 1 aliphatic carbocycles. The lowest BCUT2D eigenvalue weighted by Gasteiger charge is -2.23. The number of aromatic nitrogens is 1. The van der Waals surface area contributed by atoms with E-state index < -0.39 is 10.0 Å². The van der Waals surface area contributed by atoms with Crippen LogP contribution in [0.2, 0.25) is 0 Å². The molecule has 7 heteroatoms. The second-order valence-electron chi connectivity index (χ2n) is 8.46. The predicted molar refractivity (Wildman–Crippen MR) is 129 cm³/mol. The van der Waals surface area contributed by atoms with E-state index in [9.17, 15) is 13.2 Å². The Labute approximate surface area is 195 Å². The summed E-state index contributed by atoms with van der Waals surface area (Å²) in [6, 6.07) is 17.7. The molecule has 1 aromatic heterocycles. The van der Waals surface area contributed by atoms with Crippen LogP contribution in [-0.2, 0) is 23.0 Å². The Morgan fingerprint density at radius 2 is 1.85 bits per heavy atom. The minimum atomic E-state index is -3.82. The Balaban J connectivity index is 1.50. The molecule has 1 aliphatic rings. The number of sulfonamides is 1. The van der Waals surface area contributed by atoms with Gasteiger partial charge in [-0.3, -0.25) is 14.5 Å². The van der Waals surface area contributed by atoms with E-state index in [1.54, 1.807) is 36.7 Å². The van der Waals surface area contributed by atoms with E-state index in [1.807, 2.05) is 29.2 Å². The number of anilines is 1. The zero-order chi connectivity index (χ0) is 23.3. The number of rotatable bonds is 10. The number of nitrogens with zero attached hydrogens (tertiary/aromatic N) is 2. The van der Waals surface area contributed by atoms with Crippen LogP contribution in [0, 0.1) is 0 Å². The van der Waals surface area contributed by atoms with E-state index in [1.165, 1.54) is 17.7 Å². The molecule has 0 bridgehead atoms. The maximum Gasteiger partial charge on any atom is 0.261 e. The smallest absolute Gasteiger partial charge is 0.261 e. The molecule has 172 valence electrons. The summed E-state index contributed by atoms with van der Waals surface area (Å²) >= 11 is 0. The summed E-state index contributed by atoms with van der Waals surface area (Å²) in [5.41, 5.74) is 3.00. The first-order chi connectivity index (χ1) is 16.0. The molecule has 1 N–H and O–H groups in total. The van der Waals surface area contributed by atoms with Gasteiger partial charge in [0.1, 0.15) is 0 Å². The summed E-state index contributed by atoms with van der Waals surface area (Å²) in [5.74, 6) is -0.168. The highest BCUT2D eigenvalue weighted by Crippen LogP contribution is 2.30. The lowest BCUT2D eigenvalue weighted by molar-refractivity contribution is 0.0729. The van der Waals surface area contributed by atoms with E-state index in [4.69, 9.17) is 0 Å². The normalized spacial score (nSPS) is 13.5. The van der Waals surface area contributed by atoms with Crippen molar-refractivity contribution in [1.29, 1.82) is 0 Å². The molecular formula is C26H29N3O3S. The van der Waals surface area contributed by atoms with Gasteiger partial charge in [0.25, 0.3) is 15.9 Å². The number of amides is 1. The van der Waals surface area contributed by atoms with E-state index >= 15 is 0 Å². The fraction of sp³-hybridized carbons (Fsp3) is 0.308.